The number of hydrogen-bond donors (Lipinski definition) is 1. The van der Waals surface area contributed by atoms with Crippen molar-refractivity contribution in [2.75, 3.05) is 5.33 Å². The Morgan fingerprint density at radius 1 is 1.50 bits per heavy atom. The first-order valence-electron chi connectivity index (χ1n) is 4.12. The summed E-state index contributed by atoms with van der Waals surface area (Å²) in [7, 11) is 0. The van der Waals surface area contributed by atoms with Crippen LogP contribution in [0.2, 0.25) is 0 Å². The molecule has 0 spiro atoms. The van der Waals surface area contributed by atoms with Crippen molar-refractivity contribution < 1.29 is 9.90 Å². The number of benzene rings is 1. The average Bonchev–Trinajstić information content (AvgIpc) is 2.19. The van der Waals surface area contributed by atoms with Crippen molar-refractivity contribution in [2.24, 2.45) is 0 Å². The number of carbonyl (C=O) groups is 1. The largest absolute Gasteiger partial charge is 0.478 e. The van der Waals surface area contributed by atoms with Gasteiger partial charge in [0.15, 0.2) is 0 Å². The standard InChI is InChI=1S/C11H9BrO2/c12-7-2-1-4-9-5-3-6-10(8-9)11(13)14/h3,5-6,8H,2,7H2,(H,13,14). The van der Waals surface area contributed by atoms with Gasteiger partial charge in [-0.25, -0.2) is 4.79 Å². The number of halogens is 1. The Kier molecular flexibility index (Phi) is 4.21. The molecule has 1 N–H and O–H groups in total. The maximum Gasteiger partial charge on any atom is 0.335 e. The summed E-state index contributed by atoms with van der Waals surface area (Å²) < 4.78 is 0. The van der Waals surface area contributed by atoms with Gasteiger partial charge in [0.2, 0.25) is 0 Å². The lowest BCUT2D eigenvalue weighted by atomic mass is 10.1. The lowest BCUT2D eigenvalue weighted by Gasteiger charge is -1.93. The highest BCUT2D eigenvalue weighted by atomic mass is 79.9. The molecule has 1 rings (SSSR count). The van der Waals surface area contributed by atoms with Crippen molar-refractivity contribution in [2.45, 2.75) is 6.42 Å². The quantitative estimate of drug-likeness (QED) is 0.649. The summed E-state index contributed by atoms with van der Waals surface area (Å²) in [4.78, 5) is 10.6. The van der Waals surface area contributed by atoms with Crippen molar-refractivity contribution in [1.82, 2.24) is 0 Å². The molecule has 0 aliphatic rings. The minimum atomic E-state index is -0.922. The van der Waals surface area contributed by atoms with Gasteiger partial charge in [-0.15, -0.1) is 0 Å². The van der Waals surface area contributed by atoms with E-state index in [2.05, 4.69) is 27.8 Å². The summed E-state index contributed by atoms with van der Waals surface area (Å²) in [6.45, 7) is 0. The van der Waals surface area contributed by atoms with Crippen molar-refractivity contribution in [3.8, 4) is 11.8 Å². The molecule has 0 fully saturated rings. The topological polar surface area (TPSA) is 37.3 Å². The molecule has 2 nitrogen and oxygen atoms in total. The summed E-state index contributed by atoms with van der Waals surface area (Å²) in [5.41, 5.74) is 1.02. The number of hydrogen-bond acceptors (Lipinski definition) is 1. The highest BCUT2D eigenvalue weighted by molar-refractivity contribution is 9.09. The fourth-order valence-electron chi connectivity index (χ4n) is 0.942. The van der Waals surface area contributed by atoms with E-state index in [1.165, 1.54) is 0 Å². The molecule has 1 aromatic rings. The Morgan fingerprint density at radius 3 is 2.93 bits per heavy atom. The van der Waals surface area contributed by atoms with Crippen LogP contribution in [0, 0.1) is 11.8 Å². The number of alkyl halides is 1. The fourth-order valence-corrected chi connectivity index (χ4v) is 1.14. The lowest BCUT2D eigenvalue weighted by molar-refractivity contribution is 0.0697. The Labute approximate surface area is 91.1 Å². The van der Waals surface area contributed by atoms with Gasteiger partial charge in [0, 0.05) is 17.3 Å². The van der Waals surface area contributed by atoms with Crippen molar-refractivity contribution in [3.05, 3.63) is 35.4 Å². The summed E-state index contributed by atoms with van der Waals surface area (Å²) >= 11 is 3.26. The second kappa shape index (κ2) is 5.46. The molecular formula is C11H9BrO2. The summed E-state index contributed by atoms with van der Waals surface area (Å²) in [5, 5.41) is 9.56. The van der Waals surface area contributed by atoms with Crippen LogP contribution in [-0.4, -0.2) is 16.4 Å². The molecule has 0 amide bonds. The van der Waals surface area contributed by atoms with Gasteiger partial charge in [-0.1, -0.05) is 33.8 Å². The van der Waals surface area contributed by atoms with E-state index in [4.69, 9.17) is 5.11 Å². The molecule has 0 heterocycles. The molecule has 0 aromatic heterocycles. The predicted octanol–water partition coefficient (Wildman–Crippen LogP) is 2.52. The zero-order chi connectivity index (χ0) is 10.4. The monoisotopic (exact) mass is 252 g/mol. The van der Waals surface area contributed by atoms with Crippen LogP contribution in [0.5, 0.6) is 0 Å². The van der Waals surface area contributed by atoms with E-state index in [1.807, 2.05) is 0 Å². The van der Waals surface area contributed by atoms with Crippen LogP contribution in [-0.2, 0) is 0 Å². The van der Waals surface area contributed by atoms with Gasteiger partial charge in [0.1, 0.15) is 0 Å². The van der Waals surface area contributed by atoms with Crippen LogP contribution in [0.1, 0.15) is 22.3 Å². The third-order valence-electron chi connectivity index (χ3n) is 1.56. The molecule has 0 aliphatic carbocycles. The Bertz CT molecular complexity index is 388. The lowest BCUT2D eigenvalue weighted by Crippen LogP contribution is -1.95. The van der Waals surface area contributed by atoms with E-state index < -0.39 is 5.97 Å². The minimum absolute atomic E-state index is 0.274. The van der Waals surface area contributed by atoms with Gasteiger partial charge in [0.25, 0.3) is 0 Å². The van der Waals surface area contributed by atoms with Crippen LogP contribution in [0.3, 0.4) is 0 Å². The Balaban J connectivity index is 2.85. The fraction of sp³-hybridized carbons (Fsp3) is 0.182. The van der Waals surface area contributed by atoms with Crippen molar-refractivity contribution in [3.63, 3.8) is 0 Å². The third-order valence-corrected chi connectivity index (χ3v) is 1.96. The molecule has 1 aromatic carbocycles. The summed E-state index contributed by atoms with van der Waals surface area (Å²) in [5.74, 6) is 4.90. The number of carboxylic acids is 1. The van der Waals surface area contributed by atoms with Crippen LogP contribution in [0.15, 0.2) is 24.3 Å². The number of carboxylic acid groups (broad SMARTS) is 1. The van der Waals surface area contributed by atoms with E-state index in [9.17, 15) is 4.79 Å². The highest BCUT2D eigenvalue weighted by Gasteiger charge is 2.00. The second-order valence-corrected chi connectivity index (χ2v) is 3.42. The predicted molar refractivity (Wildman–Crippen MR) is 58.7 cm³/mol. The van der Waals surface area contributed by atoms with Crippen LogP contribution < -0.4 is 0 Å². The molecule has 0 saturated heterocycles. The first-order chi connectivity index (χ1) is 6.74. The highest BCUT2D eigenvalue weighted by Crippen LogP contribution is 2.03. The van der Waals surface area contributed by atoms with Gasteiger partial charge in [-0.2, -0.15) is 0 Å². The molecule has 0 radical (unpaired) electrons. The zero-order valence-electron chi connectivity index (χ0n) is 7.46. The molecule has 0 saturated carbocycles. The molecule has 0 atom stereocenters. The van der Waals surface area contributed by atoms with E-state index in [0.29, 0.717) is 0 Å². The molecule has 0 bridgehead atoms. The summed E-state index contributed by atoms with van der Waals surface area (Å²) in [6, 6.07) is 6.62. The third kappa shape index (κ3) is 3.23. The van der Waals surface area contributed by atoms with E-state index >= 15 is 0 Å². The number of aromatic carboxylic acids is 1. The van der Waals surface area contributed by atoms with Gasteiger partial charge in [-0.05, 0) is 18.2 Å². The van der Waals surface area contributed by atoms with E-state index in [0.717, 1.165) is 17.3 Å². The van der Waals surface area contributed by atoms with Crippen molar-refractivity contribution >= 4 is 21.9 Å². The van der Waals surface area contributed by atoms with Crippen molar-refractivity contribution in [1.29, 1.82) is 0 Å². The van der Waals surface area contributed by atoms with E-state index in [-0.39, 0.29) is 5.56 Å². The van der Waals surface area contributed by atoms with Crippen LogP contribution in [0.4, 0.5) is 0 Å². The Hall–Kier alpha value is -1.27. The van der Waals surface area contributed by atoms with E-state index in [1.54, 1.807) is 24.3 Å². The first kappa shape index (κ1) is 10.8. The zero-order valence-corrected chi connectivity index (χ0v) is 9.04. The maximum absolute atomic E-state index is 10.6. The maximum atomic E-state index is 10.6. The molecular weight excluding hydrogens is 244 g/mol. The van der Waals surface area contributed by atoms with Gasteiger partial charge >= 0.3 is 5.97 Å². The molecule has 0 aliphatic heterocycles. The van der Waals surface area contributed by atoms with Crippen LogP contribution >= 0.6 is 15.9 Å². The second-order valence-electron chi connectivity index (χ2n) is 2.63. The summed E-state index contributed by atoms with van der Waals surface area (Å²) in [6.07, 6.45) is 0.761. The normalized spacial score (nSPS) is 8.93. The van der Waals surface area contributed by atoms with Gasteiger partial charge in [-0.3, -0.25) is 0 Å². The molecule has 0 unspecified atom stereocenters. The minimum Gasteiger partial charge on any atom is -0.478 e. The molecule has 14 heavy (non-hydrogen) atoms. The smallest absolute Gasteiger partial charge is 0.335 e. The first-order valence-corrected chi connectivity index (χ1v) is 5.24. The molecule has 3 heteroatoms. The average molecular weight is 253 g/mol. The Morgan fingerprint density at radius 2 is 2.29 bits per heavy atom. The van der Waals surface area contributed by atoms with Gasteiger partial charge < -0.3 is 5.11 Å². The molecule has 72 valence electrons. The SMILES string of the molecule is O=C(O)c1cccc(C#CCCBr)c1. The number of rotatable bonds is 2. The van der Waals surface area contributed by atoms with Crippen LogP contribution in [0.25, 0.3) is 0 Å². The van der Waals surface area contributed by atoms with Gasteiger partial charge in [0.05, 0.1) is 5.56 Å².